The first kappa shape index (κ1) is 59.7. The van der Waals surface area contributed by atoms with Gasteiger partial charge in [0, 0.05) is 12.8 Å². The lowest BCUT2D eigenvalue weighted by molar-refractivity contribution is -0.161. The van der Waals surface area contributed by atoms with Crippen molar-refractivity contribution in [2.75, 3.05) is 26.4 Å². The van der Waals surface area contributed by atoms with Gasteiger partial charge >= 0.3 is 19.8 Å². The summed E-state index contributed by atoms with van der Waals surface area (Å²) in [6.07, 6.45) is 47.6. The van der Waals surface area contributed by atoms with Gasteiger partial charge < -0.3 is 24.6 Å². The monoisotopic (exact) mass is 889 g/mol. The average Bonchev–Trinajstić information content (AvgIpc) is 3.25. The molecule has 0 saturated carbocycles. The maximum absolute atomic E-state index is 12.6. The lowest BCUT2D eigenvalue weighted by Crippen LogP contribution is -2.29. The Balaban J connectivity index is 4.09. The molecule has 362 valence electrons. The number of ether oxygens (including phenoxy) is 2. The van der Waals surface area contributed by atoms with E-state index < -0.39 is 51.8 Å². The Bertz CT molecular complexity index is 1020. The van der Waals surface area contributed by atoms with Crippen LogP contribution < -0.4 is 0 Å². The molecule has 0 amide bonds. The third-order valence-corrected chi connectivity index (χ3v) is 12.4. The molecule has 0 aromatic carbocycles. The standard InChI is InChI=1S/C50H97O10P/c1-3-5-7-9-11-13-15-17-19-20-21-22-23-24-25-26-28-29-31-33-35-37-39-41-49(53)57-45-48(46-59-61(55,56)58-44-47(52)43-51)60-50(54)42-40-38-36-34-32-30-27-18-16-14-12-10-8-6-4-2/h14,16,47-48,51-52H,3-13,15,17-46H2,1-2H3,(H,55,56)/b16-14+/t47-,48+/m1/s1. The number of aliphatic hydroxyl groups excluding tert-OH is 2. The number of carbonyl (C=O) groups is 2. The van der Waals surface area contributed by atoms with Gasteiger partial charge in [-0.15, -0.1) is 0 Å². The molecule has 3 N–H and O–H groups in total. The number of esters is 2. The first-order valence-electron chi connectivity index (χ1n) is 25.6. The van der Waals surface area contributed by atoms with E-state index in [1.54, 1.807) is 0 Å². The first-order valence-corrected chi connectivity index (χ1v) is 27.1. The maximum Gasteiger partial charge on any atom is 0.472 e. The van der Waals surface area contributed by atoms with E-state index in [2.05, 4.69) is 26.0 Å². The molecule has 3 atom stereocenters. The summed E-state index contributed by atoms with van der Waals surface area (Å²) in [6, 6.07) is 0. The van der Waals surface area contributed by atoms with Crippen molar-refractivity contribution in [2.45, 2.75) is 270 Å². The number of hydrogen-bond acceptors (Lipinski definition) is 9. The largest absolute Gasteiger partial charge is 0.472 e. The van der Waals surface area contributed by atoms with Gasteiger partial charge in [-0.05, 0) is 38.5 Å². The van der Waals surface area contributed by atoms with Crippen LogP contribution in [0.4, 0.5) is 0 Å². The Hall–Kier alpha value is -1.29. The molecular weight excluding hydrogens is 792 g/mol. The number of hydrogen-bond donors (Lipinski definition) is 3. The van der Waals surface area contributed by atoms with Crippen molar-refractivity contribution in [2.24, 2.45) is 0 Å². The Labute approximate surface area is 375 Å². The van der Waals surface area contributed by atoms with E-state index in [4.69, 9.17) is 23.6 Å². The van der Waals surface area contributed by atoms with E-state index >= 15 is 0 Å². The van der Waals surface area contributed by atoms with Gasteiger partial charge in [0.1, 0.15) is 12.7 Å². The van der Waals surface area contributed by atoms with Crippen molar-refractivity contribution < 1.29 is 47.8 Å². The van der Waals surface area contributed by atoms with Crippen LogP contribution in [0.25, 0.3) is 0 Å². The van der Waals surface area contributed by atoms with Crippen LogP contribution in [0, 0.1) is 0 Å². The van der Waals surface area contributed by atoms with Gasteiger partial charge in [0.05, 0.1) is 19.8 Å². The number of aliphatic hydroxyl groups is 2. The SMILES string of the molecule is CCCCCC/C=C/CCCCCCCCCC(=O)O[C@@H](COC(=O)CCCCCCCCCCCCCCCCCCCCCCCCC)COP(=O)(O)OC[C@H](O)CO. The first-order chi connectivity index (χ1) is 29.7. The van der Waals surface area contributed by atoms with Crippen LogP contribution in [0.5, 0.6) is 0 Å². The average molecular weight is 889 g/mol. The van der Waals surface area contributed by atoms with E-state index in [-0.39, 0.29) is 19.4 Å². The predicted octanol–water partition coefficient (Wildman–Crippen LogP) is 14.3. The van der Waals surface area contributed by atoms with Gasteiger partial charge in [0.2, 0.25) is 0 Å². The smallest absolute Gasteiger partial charge is 0.462 e. The summed E-state index contributed by atoms with van der Waals surface area (Å²) in [6.45, 7) is 2.42. The topological polar surface area (TPSA) is 149 Å². The van der Waals surface area contributed by atoms with Crippen LogP contribution in [0.15, 0.2) is 12.2 Å². The summed E-state index contributed by atoms with van der Waals surface area (Å²) in [7, 11) is -4.62. The lowest BCUT2D eigenvalue weighted by atomic mass is 10.0. The third-order valence-electron chi connectivity index (χ3n) is 11.4. The minimum Gasteiger partial charge on any atom is -0.462 e. The normalized spacial score (nSPS) is 13.7. The lowest BCUT2D eigenvalue weighted by Gasteiger charge is -2.20. The minimum atomic E-state index is -4.62. The minimum absolute atomic E-state index is 0.184. The fourth-order valence-corrected chi connectivity index (χ4v) is 8.25. The second-order valence-corrected chi connectivity index (χ2v) is 19.0. The number of phosphoric acid groups is 1. The van der Waals surface area contributed by atoms with Crippen LogP contribution in [-0.2, 0) is 32.7 Å². The third kappa shape index (κ3) is 46.5. The Morgan fingerprint density at radius 1 is 0.475 bits per heavy atom. The van der Waals surface area contributed by atoms with E-state index in [1.807, 2.05) is 0 Å². The van der Waals surface area contributed by atoms with Crippen molar-refractivity contribution >= 4 is 19.8 Å². The van der Waals surface area contributed by atoms with Gasteiger partial charge in [0.15, 0.2) is 6.10 Å². The molecule has 1 unspecified atom stereocenters. The number of allylic oxidation sites excluding steroid dienone is 2. The van der Waals surface area contributed by atoms with Crippen molar-refractivity contribution in [1.29, 1.82) is 0 Å². The quantitative estimate of drug-likeness (QED) is 0.0233. The zero-order valence-corrected chi connectivity index (χ0v) is 40.5. The molecule has 0 bridgehead atoms. The highest BCUT2D eigenvalue weighted by atomic mass is 31.2. The summed E-state index contributed by atoms with van der Waals surface area (Å²) in [4.78, 5) is 35.1. The second-order valence-electron chi connectivity index (χ2n) is 17.6. The Morgan fingerprint density at radius 2 is 0.803 bits per heavy atom. The highest BCUT2D eigenvalue weighted by Crippen LogP contribution is 2.43. The van der Waals surface area contributed by atoms with Gasteiger partial charge in [-0.25, -0.2) is 4.57 Å². The molecule has 0 aliphatic rings. The van der Waals surface area contributed by atoms with E-state index in [0.717, 1.165) is 38.5 Å². The van der Waals surface area contributed by atoms with Crippen molar-refractivity contribution in [3.05, 3.63) is 12.2 Å². The number of unbranched alkanes of at least 4 members (excludes halogenated alkanes) is 33. The highest BCUT2D eigenvalue weighted by Gasteiger charge is 2.27. The summed E-state index contributed by atoms with van der Waals surface area (Å²) < 4.78 is 32.8. The summed E-state index contributed by atoms with van der Waals surface area (Å²) in [5, 5.41) is 18.4. The molecule has 0 aromatic rings. The van der Waals surface area contributed by atoms with Crippen LogP contribution in [0.1, 0.15) is 258 Å². The van der Waals surface area contributed by atoms with Crippen LogP contribution in [0.3, 0.4) is 0 Å². The Kier molecular flexibility index (Phi) is 45.7. The summed E-state index contributed by atoms with van der Waals surface area (Å²) >= 11 is 0. The molecule has 0 heterocycles. The number of rotatable bonds is 49. The predicted molar refractivity (Wildman–Crippen MR) is 252 cm³/mol. The van der Waals surface area contributed by atoms with Crippen molar-refractivity contribution in [1.82, 2.24) is 0 Å². The van der Waals surface area contributed by atoms with E-state index in [0.29, 0.717) is 12.8 Å². The Morgan fingerprint density at radius 3 is 1.20 bits per heavy atom. The molecule has 61 heavy (non-hydrogen) atoms. The molecule has 0 aliphatic carbocycles. The maximum atomic E-state index is 12.6. The zero-order valence-electron chi connectivity index (χ0n) is 39.7. The molecule has 0 radical (unpaired) electrons. The molecule has 10 nitrogen and oxygen atoms in total. The highest BCUT2D eigenvalue weighted by molar-refractivity contribution is 7.47. The van der Waals surface area contributed by atoms with Crippen molar-refractivity contribution in [3.63, 3.8) is 0 Å². The number of carbonyl (C=O) groups excluding carboxylic acids is 2. The molecule has 0 aliphatic heterocycles. The molecule has 0 fully saturated rings. The molecular formula is C50H97O10P. The number of phosphoric ester groups is 1. The summed E-state index contributed by atoms with van der Waals surface area (Å²) in [5.41, 5.74) is 0. The van der Waals surface area contributed by atoms with Crippen LogP contribution >= 0.6 is 7.82 Å². The molecule has 11 heteroatoms. The fourth-order valence-electron chi connectivity index (χ4n) is 7.46. The molecule has 0 spiro atoms. The second kappa shape index (κ2) is 46.7. The molecule has 0 rings (SSSR count). The zero-order chi connectivity index (χ0) is 44.8. The fraction of sp³-hybridized carbons (Fsp3) is 0.920. The van der Waals surface area contributed by atoms with E-state index in [9.17, 15) is 24.2 Å². The van der Waals surface area contributed by atoms with Crippen LogP contribution in [0.2, 0.25) is 0 Å². The van der Waals surface area contributed by atoms with Gasteiger partial charge in [-0.2, -0.15) is 0 Å². The van der Waals surface area contributed by atoms with Crippen LogP contribution in [-0.4, -0.2) is 65.7 Å². The van der Waals surface area contributed by atoms with Gasteiger partial charge in [-0.3, -0.25) is 18.6 Å². The van der Waals surface area contributed by atoms with Gasteiger partial charge in [-0.1, -0.05) is 219 Å². The van der Waals surface area contributed by atoms with Gasteiger partial charge in [0.25, 0.3) is 0 Å². The molecule has 0 aromatic heterocycles. The molecule has 0 saturated heterocycles. The summed E-state index contributed by atoms with van der Waals surface area (Å²) in [5.74, 6) is -0.914. The van der Waals surface area contributed by atoms with E-state index in [1.165, 1.54) is 180 Å². The van der Waals surface area contributed by atoms with Crippen molar-refractivity contribution in [3.8, 4) is 0 Å².